The zero-order chi connectivity index (χ0) is 20.5. The molecule has 0 spiro atoms. The number of carbonyl (C=O) groups excluding carboxylic acids is 2. The minimum Gasteiger partial charge on any atom is -0.496 e. The number of amides is 2. The lowest BCUT2D eigenvalue weighted by Crippen LogP contribution is -2.50. The summed E-state index contributed by atoms with van der Waals surface area (Å²) in [6.07, 6.45) is 2.85. The van der Waals surface area contributed by atoms with E-state index in [0.717, 1.165) is 10.6 Å². The van der Waals surface area contributed by atoms with Crippen molar-refractivity contribution in [2.24, 2.45) is 5.84 Å². The first-order chi connectivity index (χ1) is 13.5. The Labute approximate surface area is 168 Å². The first-order valence-corrected chi connectivity index (χ1v) is 8.72. The zero-order valence-electron chi connectivity index (χ0n) is 15.5. The molecule has 146 valence electrons. The summed E-state index contributed by atoms with van der Waals surface area (Å²) in [6.45, 7) is 0. The third kappa shape index (κ3) is 5.63. The summed E-state index contributed by atoms with van der Waals surface area (Å²) in [5.41, 5.74) is 1.39. The monoisotopic (exact) mass is 399 g/mol. The lowest BCUT2D eigenvalue weighted by molar-refractivity contribution is -0.126. The van der Waals surface area contributed by atoms with Gasteiger partial charge in [0.25, 0.3) is 0 Å². The van der Waals surface area contributed by atoms with Gasteiger partial charge in [-0.2, -0.15) is 0 Å². The molecule has 8 heteroatoms. The second kappa shape index (κ2) is 10.2. The van der Waals surface area contributed by atoms with Crippen LogP contribution >= 0.6 is 12.2 Å². The maximum absolute atomic E-state index is 12.2. The van der Waals surface area contributed by atoms with Gasteiger partial charge >= 0.3 is 0 Å². The fourth-order valence-corrected chi connectivity index (χ4v) is 2.58. The van der Waals surface area contributed by atoms with Crippen molar-refractivity contribution in [2.75, 3.05) is 14.2 Å². The third-order valence-corrected chi connectivity index (χ3v) is 4.08. The fourth-order valence-electron chi connectivity index (χ4n) is 2.38. The third-order valence-electron chi connectivity index (χ3n) is 3.78. The summed E-state index contributed by atoms with van der Waals surface area (Å²) in [7, 11) is 3.04. The van der Waals surface area contributed by atoms with E-state index < -0.39 is 11.8 Å². The highest BCUT2D eigenvalue weighted by Gasteiger charge is 2.16. The summed E-state index contributed by atoms with van der Waals surface area (Å²) >= 11 is 5.04. The van der Waals surface area contributed by atoms with Crippen LogP contribution in [0.3, 0.4) is 0 Å². The lowest BCUT2D eigenvalue weighted by atomic mass is 10.1. The van der Waals surface area contributed by atoms with Gasteiger partial charge in [0.15, 0.2) is 5.11 Å². The molecule has 2 aromatic rings. The molecule has 0 heterocycles. The van der Waals surface area contributed by atoms with E-state index in [2.05, 4.69) is 5.32 Å². The summed E-state index contributed by atoms with van der Waals surface area (Å²) < 4.78 is 10.5. The number of benzene rings is 2. The molecule has 0 atom stereocenters. The zero-order valence-corrected chi connectivity index (χ0v) is 16.4. The number of nitrogens with zero attached hydrogens (tertiary/aromatic N) is 1. The van der Waals surface area contributed by atoms with Crippen molar-refractivity contribution in [3.8, 4) is 11.5 Å². The minimum atomic E-state index is -0.541. The molecule has 2 rings (SSSR count). The van der Waals surface area contributed by atoms with E-state index in [1.165, 1.54) is 26.4 Å². The maximum atomic E-state index is 12.2. The number of carbonyl (C=O) groups is 2. The van der Waals surface area contributed by atoms with Crippen LogP contribution in [-0.4, -0.2) is 36.2 Å². The Balaban J connectivity index is 2.00. The van der Waals surface area contributed by atoms with Crippen LogP contribution in [0.2, 0.25) is 0 Å². The summed E-state index contributed by atoms with van der Waals surface area (Å²) in [6, 6.07) is 14.4. The van der Waals surface area contributed by atoms with Gasteiger partial charge in [-0.15, -0.1) is 0 Å². The van der Waals surface area contributed by atoms with Crippen molar-refractivity contribution in [1.82, 2.24) is 10.3 Å². The Bertz CT molecular complexity index is 862. The average molecular weight is 399 g/mol. The molecule has 0 aromatic heterocycles. The molecule has 0 aliphatic carbocycles. The smallest absolute Gasteiger partial charge is 0.250 e. The Morgan fingerprint density at radius 2 is 1.68 bits per heavy atom. The highest BCUT2D eigenvalue weighted by atomic mass is 32.1. The van der Waals surface area contributed by atoms with E-state index in [0.29, 0.717) is 17.1 Å². The molecule has 0 aliphatic rings. The number of thiocarbonyl (C=S) groups is 1. The Morgan fingerprint density at radius 1 is 1.07 bits per heavy atom. The average Bonchev–Trinajstić information content (AvgIpc) is 2.71. The summed E-state index contributed by atoms with van der Waals surface area (Å²) in [5, 5.41) is 2.95. The molecule has 0 unspecified atom stereocenters. The molecule has 7 nitrogen and oxygen atoms in total. The van der Waals surface area contributed by atoms with Crippen LogP contribution in [0.25, 0.3) is 6.08 Å². The molecule has 3 N–H and O–H groups in total. The van der Waals surface area contributed by atoms with Crippen LogP contribution in [0.1, 0.15) is 11.1 Å². The van der Waals surface area contributed by atoms with Crippen molar-refractivity contribution in [1.29, 1.82) is 0 Å². The number of methoxy groups -OCH3 is 2. The number of hydrogen-bond donors (Lipinski definition) is 2. The number of ether oxygens (including phenoxy) is 2. The van der Waals surface area contributed by atoms with Crippen molar-refractivity contribution in [2.45, 2.75) is 6.42 Å². The second-order valence-corrected chi connectivity index (χ2v) is 6.02. The highest BCUT2D eigenvalue weighted by Crippen LogP contribution is 2.29. The SMILES string of the molecule is COc1cccc(OC)c1C=CC(=O)NC(=S)N(N)C(=O)Cc1ccccc1. The first kappa shape index (κ1) is 21.1. The minimum absolute atomic E-state index is 0.0710. The number of hydrogen-bond acceptors (Lipinski definition) is 6. The van der Waals surface area contributed by atoms with Crippen molar-refractivity contribution in [3.63, 3.8) is 0 Å². The first-order valence-electron chi connectivity index (χ1n) is 8.32. The van der Waals surface area contributed by atoms with Gasteiger partial charge in [-0.25, -0.2) is 10.9 Å². The van der Waals surface area contributed by atoms with Gasteiger partial charge in [0, 0.05) is 6.08 Å². The topological polar surface area (TPSA) is 93.9 Å². The Hall–Kier alpha value is -3.23. The second-order valence-electron chi connectivity index (χ2n) is 5.63. The Morgan fingerprint density at radius 3 is 2.25 bits per heavy atom. The predicted octanol–water partition coefficient (Wildman–Crippen LogP) is 2.06. The number of nitrogens with two attached hydrogens (primary N) is 1. The van der Waals surface area contributed by atoms with Crippen LogP contribution in [0.15, 0.2) is 54.6 Å². The number of nitrogens with one attached hydrogen (secondary N) is 1. The maximum Gasteiger partial charge on any atom is 0.250 e. The van der Waals surface area contributed by atoms with Crippen LogP contribution in [0.4, 0.5) is 0 Å². The van der Waals surface area contributed by atoms with Crippen LogP contribution in [0, 0.1) is 0 Å². The van der Waals surface area contributed by atoms with Crippen molar-refractivity contribution in [3.05, 3.63) is 65.7 Å². The molecular formula is C20H21N3O4S. The van der Waals surface area contributed by atoms with Gasteiger partial charge in [0.1, 0.15) is 11.5 Å². The highest BCUT2D eigenvalue weighted by molar-refractivity contribution is 7.80. The Kier molecular flexibility index (Phi) is 7.67. The number of hydrazine groups is 1. The van der Waals surface area contributed by atoms with Crippen LogP contribution < -0.4 is 20.6 Å². The molecule has 2 amide bonds. The molecule has 0 radical (unpaired) electrons. The molecule has 0 bridgehead atoms. The standard InChI is InChI=1S/C20H21N3O4S/c1-26-16-9-6-10-17(27-2)15(16)11-12-18(24)22-20(28)23(21)19(25)13-14-7-4-3-5-8-14/h3-12H,13,21H2,1-2H3,(H,22,24,28). The molecular weight excluding hydrogens is 378 g/mol. The van der Waals surface area contributed by atoms with Crippen LogP contribution in [0.5, 0.6) is 11.5 Å². The van der Waals surface area contributed by atoms with E-state index in [1.54, 1.807) is 30.3 Å². The molecule has 2 aromatic carbocycles. The lowest BCUT2D eigenvalue weighted by Gasteiger charge is -2.17. The largest absolute Gasteiger partial charge is 0.496 e. The normalized spacial score (nSPS) is 10.4. The van der Waals surface area contributed by atoms with Gasteiger partial charge in [-0.3, -0.25) is 14.9 Å². The fraction of sp³-hybridized carbons (Fsp3) is 0.150. The van der Waals surface area contributed by atoms with E-state index in [9.17, 15) is 9.59 Å². The quantitative estimate of drug-likeness (QED) is 0.254. The summed E-state index contributed by atoms with van der Waals surface area (Å²) in [5.74, 6) is 5.83. The van der Waals surface area contributed by atoms with Crippen LogP contribution in [-0.2, 0) is 16.0 Å². The predicted molar refractivity (Wildman–Crippen MR) is 111 cm³/mol. The van der Waals surface area contributed by atoms with Gasteiger partial charge in [-0.1, -0.05) is 36.4 Å². The van der Waals surface area contributed by atoms with Gasteiger partial charge in [0.2, 0.25) is 11.8 Å². The molecule has 28 heavy (non-hydrogen) atoms. The molecule has 0 fully saturated rings. The van der Waals surface area contributed by atoms with Gasteiger partial charge in [0.05, 0.1) is 26.2 Å². The van der Waals surface area contributed by atoms with E-state index in [-0.39, 0.29) is 11.5 Å². The van der Waals surface area contributed by atoms with Gasteiger partial charge < -0.3 is 9.47 Å². The molecule has 0 saturated heterocycles. The molecule has 0 saturated carbocycles. The van der Waals surface area contributed by atoms with E-state index in [4.69, 9.17) is 27.5 Å². The molecule has 0 aliphatic heterocycles. The number of rotatable bonds is 6. The van der Waals surface area contributed by atoms with E-state index >= 15 is 0 Å². The summed E-state index contributed by atoms with van der Waals surface area (Å²) in [4.78, 5) is 24.3. The van der Waals surface area contributed by atoms with Gasteiger partial charge in [-0.05, 0) is 36.0 Å². The van der Waals surface area contributed by atoms with Crippen molar-refractivity contribution < 1.29 is 19.1 Å². The van der Waals surface area contributed by atoms with E-state index in [1.807, 2.05) is 18.2 Å². The van der Waals surface area contributed by atoms with Crippen molar-refractivity contribution >= 4 is 35.2 Å².